The Balaban J connectivity index is 0.000000416. The van der Waals surface area contributed by atoms with E-state index in [1.807, 2.05) is 25.8 Å². The van der Waals surface area contributed by atoms with Gasteiger partial charge in [0.2, 0.25) is 0 Å². The fraction of sp³-hybridized carbons (Fsp3) is 0.562. The molecule has 0 radical (unpaired) electrons. The molecule has 21 heavy (non-hydrogen) atoms. The molecule has 0 aromatic heterocycles. The number of benzene rings is 1. The van der Waals surface area contributed by atoms with Crippen molar-refractivity contribution in [2.75, 3.05) is 25.4 Å². The summed E-state index contributed by atoms with van der Waals surface area (Å²) in [6, 6.07) is 5.11. The molecule has 0 atom stereocenters. The number of anilines is 1. The van der Waals surface area contributed by atoms with Crippen LogP contribution in [0.4, 0.5) is 5.69 Å². The van der Waals surface area contributed by atoms with Crippen LogP contribution >= 0.6 is 0 Å². The highest BCUT2D eigenvalue weighted by Crippen LogP contribution is 2.13. The van der Waals surface area contributed by atoms with Gasteiger partial charge in [-0.05, 0) is 50.5 Å². The zero-order valence-electron chi connectivity index (χ0n) is 13.7. The minimum absolute atomic E-state index is 0.300. The molecule has 5 nitrogen and oxygen atoms in total. The highest BCUT2D eigenvalue weighted by molar-refractivity contribution is 5.90. The van der Waals surface area contributed by atoms with Gasteiger partial charge in [-0.1, -0.05) is 13.8 Å². The van der Waals surface area contributed by atoms with E-state index in [0.29, 0.717) is 17.9 Å². The summed E-state index contributed by atoms with van der Waals surface area (Å²) in [6.07, 6.45) is 2.58. The van der Waals surface area contributed by atoms with Gasteiger partial charge in [-0.3, -0.25) is 5.84 Å². The van der Waals surface area contributed by atoms with Gasteiger partial charge < -0.3 is 10.5 Å². The molecule has 1 fully saturated rings. The van der Waals surface area contributed by atoms with Gasteiger partial charge in [0, 0.05) is 18.8 Å². The third-order valence-electron chi connectivity index (χ3n) is 2.92. The second-order valence-electron chi connectivity index (χ2n) is 4.53. The first-order valence-corrected chi connectivity index (χ1v) is 7.57. The van der Waals surface area contributed by atoms with E-state index in [-0.39, 0.29) is 5.97 Å². The normalized spacial score (nSPS) is 13.6. The molecule has 1 aromatic rings. The van der Waals surface area contributed by atoms with E-state index in [1.54, 1.807) is 25.1 Å². The maximum Gasteiger partial charge on any atom is 0.338 e. The highest BCUT2D eigenvalue weighted by Gasteiger charge is 2.06. The van der Waals surface area contributed by atoms with E-state index < -0.39 is 0 Å². The molecule has 0 bridgehead atoms. The molecule has 1 heterocycles. The van der Waals surface area contributed by atoms with Gasteiger partial charge in [-0.2, -0.15) is 0 Å². The Hall–Kier alpha value is -1.59. The predicted molar refractivity (Wildman–Crippen MR) is 87.9 cm³/mol. The molecule has 1 aliphatic heterocycles. The number of aryl methyl sites for hydroxylation is 1. The monoisotopic (exact) mass is 295 g/mol. The topological polar surface area (TPSA) is 81.6 Å². The van der Waals surface area contributed by atoms with Crippen LogP contribution in [0.2, 0.25) is 0 Å². The maximum absolute atomic E-state index is 11.2. The number of esters is 1. The van der Waals surface area contributed by atoms with Gasteiger partial charge in [0.15, 0.2) is 0 Å². The minimum atomic E-state index is -0.300. The summed E-state index contributed by atoms with van der Waals surface area (Å²) in [5.74, 6) is 5.07. The van der Waals surface area contributed by atoms with Crippen LogP contribution in [0.5, 0.6) is 0 Å². The molecule has 0 saturated carbocycles. The van der Waals surface area contributed by atoms with Gasteiger partial charge in [-0.25, -0.2) is 9.80 Å². The van der Waals surface area contributed by atoms with E-state index in [1.165, 1.54) is 12.8 Å². The van der Waals surface area contributed by atoms with Crippen molar-refractivity contribution in [3.63, 3.8) is 0 Å². The van der Waals surface area contributed by atoms with Crippen LogP contribution in [-0.4, -0.2) is 30.7 Å². The summed E-state index contributed by atoms with van der Waals surface area (Å²) < 4.78 is 4.84. The average molecular weight is 295 g/mol. The van der Waals surface area contributed by atoms with Crippen LogP contribution in [-0.2, 0) is 4.74 Å². The number of rotatable bonds is 2. The Labute approximate surface area is 128 Å². The molecular formula is C16H29N3O2. The lowest BCUT2D eigenvalue weighted by atomic mass is 10.1. The van der Waals surface area contributed by atoms with Crippen LogP contribution < -0.4 is 11.6 Å². The van der Waals surface area contributed by atoms with Crippen molar-refractivity contribution in [3.8, 4) is 0 Å². The Morgan fingerprint density at radius 1 is 1.29 bits per heavy atom. The summed E-state index contributed by atoms with van der Waals surface area (Å²) in [4.78, 5) is 11.2. The predicted octanol–water partition coefficient (Wildman–Crippen LogP) is 2.74. The summed E-state index contributed by atoms with van der Waals surface area (Å²) in [5, 5.41) is 1.86. The molecule has 4 N–H and O–H groups in total. The van der Waals surface area contributed by atoms with Crippen molar-refractivity contribution in [1.29, 1.82) is 0 Å². The molecule has 0 unspecified atom stereocenters. The van der Waals surface area contributed by atoms with Gasteiger partial charge in [0.1, 0.15) is 0 Å². The Morgan fingerprint density at radius 2 is 1.86 bits per heavy atom. The Bertz CT molecular complexity index is 416. The lowest BCUT2D eigenvalue weighted by Crippen LogP contribution is -2.26. The molecular weight excluding hydrogens is 266 g/mol. The van der Waals surface area contributed by atoms with E-state index in [2.05, 4.69) is 0 Å². The van der Waals surface area contributed by atoms with E-state index >= 15 is 0 Å². The second-order valence-corrected chi connectivity index (χ2v) is 4.53. The molecule has 0 aliphatic carbocycles. The van der Waals surface area contributed by atoms with Gasteiger partial charge >= 0.3 is 5.97 Å². The lowest BCUT2D eigenvalue weighted by Gasteiger charge is -2.04. The third kappa shape index (κ3) is 7.68. The van der Waals surface area contributed by atoms with Crippen molar-refractivity contribution in [1.82, 2.24) is 5.01 Å². The average Bonchev–Trinajstić information content (AvgIpc) is 2.96. The summed E-state index contributed by atoms with van der Waals surface area (Å²) in [5.41, 5.74) is 7.74. The lowest BCUT2D eigenvalue weighted by molar-refractivity contribution is 0.0526. The number of hydrogen-bond acceptors (Lipinski definition) is 5. The summed E-state index contributed by atoms with van der Waals surface area (Å²) >= 11 is 0. The van der Waals surface area contributed by atoms with E-state index in [4.69, 9.17) is 16.3 Å². The summed E-state index contributed by atoms with van der Waals surface area (Å²) in [6.45, 7) is 10.2. The molecule has 2 rings (SSSR count). The molecule has 5 heteroatoms. The number of nitrogen functional groups attached to an aromatic ring is 1. The molecule has 1 aliphatic rings. The zero-order chi connectivity index (χ0) is 16.3. The first-order chi connectivity index (χ1) is 10.0. The van der Waals surface area contributed by atoms with Crippen LogP contribution in [0.15, 0.2) is 18.2 Å². The molecule has 0 amide bonds. The molecule has 120 valence electrons. The quantitative estimate of drug-likeness (QED) is 0.498. The van der Waals surface area contributed by atoms with Crippen LogP contribution in [0, 0.1) is 6.92 Å². The van der Waals surface area contributed by atoms with Crippen LogP contribution in [0.3, 0.4) is 0 Å². The third-order valence-corrected chi connectivity index (χ3v) is 2.92. The van der Waals surface area contributed by atoms with Crippen molar-refractivity contribution < 1.29 is 9.53 Å². The molecule has 1 saturated heterocycles. The molecule has 1 aromatic carbocycles. The zero-order valence-corrected chi connectivity index (χ0v) is 13.7. The number of nitrogens with zero attached hydrogens (tertiary/aromatic N) is 1. The van der Waals surface area contributed by atoms with Gasteiger partial charge in [0.05, 0.1) is 12.2 Å². The minimum Gasteiger partial charge on any atom is -0.462 e. The first kappa shape index (κ1) is 19.4. The highest BCUT2D eigenvalue weighted by atomic mass is 16.5. The van der Waals surface area contributed by atoms with Crippen molar-refractivity contribution in [3.05, 3.63) is 29.3 Å². The van der Waals surface area contributed by atoms with Gasteiger partial charge in [0.25, 0.3) is 0 Å². The largest absolute Gasteiger partial charge is 0.462 e. The number of nitrogens with two attached hydrogens (primary N) is 2. The second kappa shape index (κ2) is 11.1. The number of carbonyl (C=O) groups is 1. The number of hydrazine groups is 1. The number of hydrogen-bond donors (Lipinski definition) is 2. The van der Waals surface area contributed by atoms with Crippen molar-refractivity contribution in [2.24, 2.45) is 5.84 Å². The van der Waals surface area contributed by atoms with E-state index in [9.17, 15) is 4.79 Å². The Morgan fingerprint density at radius 3 is 2.24 bits per heavy atom. The maximum atomic E-state index is 11.2. The number of ether oxygens (including phenoxy) is 1. The van der Waals surface area contributed by atoms with Crippen molar-refractivity contribution in [2.45, 2.75) is 40.5 Å². The number of carbonyl (C=O) groups excluding carboxylic acids is 1. The fourth-order valence-corrected chi connectivity index (χ4v) is 1.76. The summed E-state index contributed by atoms with van der Waals surface area (Å²) in [7, 11) is 0. The fourth-order valence-electron chi connectivity index (χ4n) is 1.76. The standard InChI is InChI=1S/C10H13NO2.C4H10N2.C2H6/c1-3-13-10(12)8-4-5-9(11)7(2)6-8;5-6-3-1-2-4-6;1-2/h4-6H,3,11H2,1-2H3;1-5H2;1-2H3. The SMILES string of the molecule is CC.CCOC(=O)c1ccc(N)c(C)c1.NN1CCCC1. The van der Waals surface area contributed by atoms with Crippen molar-refractivity contribution >= 4 is 11.7 Å². The van der Waals surface area contributed by atoms with Crippen LogP contribution in [0.1, 0.15) is 49.5 Å². The molecule has 0 spiro atoms. The van der Waals surface area contributed by atoms with Crippen LogP contribution in [0.25, 0.3) is 0 Å². The Kier molecular flexibility index (Phi) is 10.3. The smallest absolute Gasteiger partial charge is 0.338 e. The first-order valence-electron chi connectivity index (χ1n) is 7.57. The van der Waals surface area contributed by atoms with Gasteiger partial charge in [-0.15, -0.1) is 0 Å². The van der Waals surface area contributed by atoms with E-state index in [0.717, 1.165) is 18.7 Å².